The molecule has 3 N–H and O–H groups in total. The minimum atomic E-state index is -0.167. The fraction of sp³-hybridized carbons (Fsp3) is 0.346. The molecule has 6 rings (SSSR count). The van der Waals surface area contributed by atoms with E-state index in [9.17, 15) is 0 Å². The number of aryl methyl sites for hydroxylation is 1. The average molecular weight is 425 g/mol. The molecule has 162 valence electrons. The third-order valence-electron chi connectivity index (χ3n) is 7.08. The SMILES string of the molecule is Cc1nc2nc(-c3ccc(C4(N)CCC4)cc3)c(-c3ccccc3)c(NC3CCC3)n2n1. The Hall–Kier alpha value is -3.25. The summed E-state index contributed by atoms with van der Waals surface area (Å²) in [6.07, 6.45) is 6.93. The van der Waals surface area contributed by atoms with Gasteiger partial charge in [-0.15, -0.1) is 5.10 Å². The standard InChI is InChI=1S/C26H28N6/c1-17-28-25-30-23(19-11-13-20(14-12-19)26(27)15-6-16-26)22(18-7-3-2-4-8-18)24(32(25)31-17)29-21-9-5-10-21/h2-4,7-8,11-14,21,29H,5-6,9-10,15-16,27H2,1H3. The first-order chi connectivity index (χ1) is 15.6. The van der Waals surface area contributed by atoms with E-state index in [2.05, 4.69) is 63.9 Å². The molecule has 2 fully saturated rings. The summed E-state index contributed by atoms with van der Waals surface area (Å²) >= 11 is 0. The van der Waals surface area contributed by atoms with Crippen LogP contribution in [0.25, 0.3) is 28.2 Å². The van der Waals surface area contributed by atoms with Crippen molar-refractivity contribution in [2.45, 2.75) is 57.0 Å². The van der Waals surface area contributed by atoms with Gasteiger partial charge in [-0.25, -0.2) is 4.98 Å². The number of rotatable bonds is 5. The number of aromatic nitrogens is 4. The van der Waals surface area contributed by atoms with Crippen molar-refractivity contribution in [3.05, 3.63) is 66.0 Å². The molecule has 0 aliphatic heterocycles. The first kappa shape index (κ1) is 19.4. The Labute approximate surface area is 187 Å². The lowest BCUT2D eigenvalue weighted by molar-refractivity contribution is 0.253. The molecule has 0 amide bonds. The van der Waals surface area contributed by atoms with Crippen molar-refractivity contribution in [1.29, 1.82) is 0 Å². The van der Waals surface area contributed by atoms with Gasteiger partial charge in [0.15, 0.2) is 0 Å². The van der Waals surface area contributed by atoms with Gasteiger partial charge in [-0.2, -0.15) is 9.50 Å². The smallest absolute Gasteiger partial charge is 0.254 e. The predicted octanol–water partition coefficient (Wildman–Crippen LogP) is 5.07. The third kappa shape index (κ3) is 3.17. The van der Waals surface area contributed by atoms with E-state index in [1.807, 2.05) is 17.5 Å². The fourth-order valence-corrected chi connectivity index (χ4v) is 4.77. The van der Waals surface area contributed by atoms with Crippen molar-refractivity contribution >= 4 is 11.6 Å². The van der Waals surface area contributed by atoms with Gasteiger partial charge < -0.3 is 11.1 Å². The van der Waals surface area contributed by atoms with E-state index in [0.717, 1.165) is 46.9 Å². The van der Waals surface area contributed by atoms with Gasteiger partial charge in [-0.05, 0) is 56.6 Å². The van der Waals surface area contributed by atoms with Crippen molar-refractivity contribution in [3.63, 3.8) is 0 Å². The van der Waals surface area contributed by atoms with Crippen LogP contribution in [0.5, 0.6) is 0 Å². The molecule has 2 aliphatic rings. The number of anilines is 1. The van der Waals surface area contributed by atoms with Crippen LogP contribution in [0.2, 0.25) is 0 Å². The molecule has 6 nitrogen and oxygen atoms in total. The van der Waals surface area contributed by atoms with Gasteiger partial charge in [0.1, 0.15) is 11.6 Å². The quantitative estimate of drug-likeness (QED) is 0.467. The zero-order valence-electron chi connectivity index (χ0n) is 18.4. The monoisotopic (exact) mass is 424 g/mol. The Morgan fingerprint density at radius 2 is 1.69 bits per heavy atom. The van der Waals surface area contributed by atoms with Gasteiger partial charge in [-0.3, -0.25) is 0 Å². The van der Waals surface area contributed by atoms with E-state index in [4.69, 9.17) is 10.7 Å². The first-order valence-electron chi connectivity index (χ1n) is 11.6. The highest BCUT2D eigenvalue weighted by Gasteiger charge is 2.34. The van der Waals surface area contributed by atoms with Gasteiger partial charge in [0, 0.05) is 17.1 Å². The molecule has 0 unspecified atom stereocenters. The van der Waals surface area contributed by atoms with E-state index >= 15 is 0 Å². The highest BCUT2D eigenvalue weighted by molar-refractivity contribution is 5.89. The Bertz CT molecular complexity index is 1270. The number of nitrogens with two attached hydrogens (primary N) is 1. The number of hydrogen-bond acceptors (Lipinski definition) is 5. The van der Waals surface area contributed by atoms with Crippen LogP contribution in [-0.4, -0.2) is 25.6 Å². The second-order valence-electron chi connectivity index (χ2n) is 9.28. The van der Waals surface area contributed by atoms with Crippen LogP contribution in [0.1, 0.15) is 49.9 Å². The van der Waals surface area contributed by atoms with Crippen LogP contribution in [0.4, 0.5) is 5.82 Å². The molecule has 0 atom stereocenters. The highest BCUT2D eigenvalue weighted by atomic mass is 15.4. The van der Waals surface area contributed by atoms with E-state index < -0.39 is 0 Å². The molecule has 6 heteroatoms. The summed E-state index contributed by atoms with van der Waals surface area (Å²) in [7, 11) is 0. The minimum Gasteiger partial charge on any atom is -0.367 e. The van der Waals surface area contributed by atoms with Crippen molar-refractivity contribution in [1.82, 2.24) is 19.6 Å². The molecule has 0 saturated heterocycles. The normalized spacial score (nSPS) is 17.7. The summed E-state index contributed by atoms with van der Waals surface area (Å²) in [4.78, 5) is 9.60. The van der Waals surface area contributed by atoms with Crippen LogP contribution in [-0.2, 0) is 5.54 Å². The van der Waals surface area contributed by atoms with Gasteiger partial charge in [0.05, 0.1) is 11.3 Å². The molecule has 2 aromatic heterocycles. The Morgan fingerprint density at radius 1 is 0.938 bits per heavy atom. The van der Waals surface area contributed by atoms with E-state index in [0.29, 0.717) is 11.8 Å². The minimum absolute atomic E-state index is 0.167. The number of benzene rings is 2. The van der Waals surface area contributed by atoms with Gasteiger partial charge in [-0.1, -0.05) is 54.6 Å². The molecule has 0 radical (unpaired) electrons. The molecule has 2 aromatic carbocycles. The van der Waals surface area contributed by atoms with Crippen LogP contribution < -0.4 is 11.1 Å². The summed E-state index contributed by atoms with van der Waals surface area (Å²) in [6, 6.07) is 19.6. The molecule has 0 bridgehead atoms. The Kier molecular flexibility index (Phi) is 4.50. The van der Waals surface area contributed by atoms with E-state index in [1.54, 1.807) is 0 Å². The maximum absolute atomic E-state index is 6.56. The second kappa shape index (κ2) is 7.41. The lowest BCUT2D eigenvalue weighted by Gasteiger charge is -2.38. The third-order valence-corrected chi connectivity index (χ3v) is 7.08. The maximum atomic E-state index is 6.56. The Balaban J connectivity index is 1.56. The van der Waals surface area contributed by atoms with E-state index in [-0.39, 0.29) is 5.54 Å². The van der Waals surface area contributed by atoms with Crippen LogP contribution in [0.3, 0.4) is 0 Å². The second-order valence-corrected chi connectivity index (χ2v) is 9.28. The van der Waals surface area contributed by atoms with Crippen molar-refractivity contribution in [2.24, 2.45) is 5.73 Å². The predicted molar refractivity (Wildman–Crippen MR) is 127 cm³/mol. The lowest BCUT2D eigenvalue weighted by Crippen LogP contribution is -2.43. The molecular weight excluding hydrogens is 396 g/mol. The fourth-order valence-electron chi connectivity index (χ4n) is 4.77. The molecular formula is C26H28N6. The van der Waals surface area contributed by atoms with Crippen molar-refractivity contribution in [3.8, 4) is 22.4 Å². The summed E-state index contributed by atoms with van der Waals surface area (Å²) in [5.74, 6) is 2.31. The highest BCUT2D eigenvalue weighted by Crippen LogP contribution is 2.41. The van der Waals surface area contributed by atoms with Crippen molar-refractivity contribution in [2.75, 3.05) is 5.32 Å². The lowest BCUT2D eigenvalue weighted by atomic mass is 9.72. The summed E-state index contributed by atoms with van der Waals surface area (Å²) in [5, 5.41) is 8.44. The molecule has 4 aromatic rings. The number of fused-ring (bicyclic) bond motifs is 1. The zero-order valence-corrected chi connectivity index (χ0v) is 18.4. The molecule has 32 heavy (non-hydrogen) atoms. The molecule has 0 spiro atoms. The zero-order chi connectivity index (χ0) is 21.7. The molecule has 2 saturated carbocycles. The van der Waals surface area contributed by atoms with Gasteiger partial charge in [0.2, 0.25) is 0 Å². The van der Waals surface area contributed by atoms with Gasteiger partial charge in [0.25, 0.3) is 5.78 Å². The topological polar surface area (TPSA) is 81.1 Å². The first-order valence-corrected chi connectivity index (χ1v) is 11.6. The molecule has 2 aliphatic carbocycles. The largest absolute Gasteiger partial charge is 0.367 e. The van der Waals surface area contributed by atoms with Crippen molar-refractivity contribution < 1.29 is 0 Å². The van der Waals surface area contributed by atoms with Crippen LogP contribution in [0.15, 0.2) is 54.6 Å². The summed E-state index contributed by atoms with van der Waals surface area (Å²) < 4.78 is 1.87. The Morgan fingerprint density at radius 3 is 2.31 bits per heavy atom. The maximum Gasteiger partial charge on any atom is 0.254 e. The van der Waals surface area contributed by atoms with Crippen LogP contribution in [0, 0.1) is 6.92 Å². The number of nitrogens with one attached hydrogen (secondary N) is 1. The van der Waals surface area contributed by atoms with Gasteiger partial charge >= 0.3 is 0 Å². The number of nitrogens with zero attached hydrogens (tertiary/aromatic N) is 4. The number of hydrogen-bond donors (Lipinski definition) is 2. The summed E-state index contributed by atoms with van der Waals surface area (Å²) in [5.41, 5.74) is 11.8. The van der Waals surface area contributed by atoms with Crippen LogP contribution >= 0.6 is 0 Å². The molecule has 2 heterocycles. The van der Waals surface area contributed by atoms with E-state index in [1.165, 1.54) is 31.2 Å². The summed E-state index contributed by atoms with van der Waals surface area (Å²) in [6.45, 7) is 1.91. The average Bonchev–Trinajstić information content (AvgIpc) is 3.14.